The molecule has 1 aliphatic rings. The van der Waals surface area contributed by atoms with Crippen molar-refractivity contribution in [1.29, 1.82) is 0 Å². The van der Waals surface area contributed by atoms with E-state index in [1.165, 1.54) is 11.3 Å². The SMILES string of the molecule is CC(C)(C)c1ccn2c1CN(C(C)(C)C)CC2. The van der Waals surface area contributed by atoms with E-state index < -0.39 is 0 Å². The third-order valence-corrected chi connectivity index (χ3v) is 3.79. The molecular formula is C15H26N2. The van der Waals surface area contributed by atoms with E-state index in [1.807, 2.05) is 0 Å². The van der Waals surface area contributed by atoms with Gasteiger partial charge in [0, 0.05) is 37.1 Å². The van der Waals surface area contributed by atoms with Crippen LogP contribution in [0, 0.1) is 0 Å². The van der Waals surface area contributed by atoms with Crippen LogP contribution in [0.15, 0.2) is 12.3 Å². The first-order chi connectivity index (χ1) is 7.69. The zero-order chi connectivity index (χ0) is 12.8. The van der Waals surface area contributed by atoms with E-state index in [4.69, 9.17) is 0 Å². The van der Waals surface area contributed by atoms with Crippen molar-refractivity contribution in [3.63, 3.8) is 0 Å². The first-order valence-corrected chi connectivity index (χ1v) is 6.63. The topological polar surface area (TPSA) is 8.17 Å². The fourth-order valence-electron chi connectivity index (χ4n) is 2.63. The number of hydrogen-bond acceptors (Lipinski definition) is 1. The molecule has 0 saturated heterocycles. The van der Waals surface area contributed by atoms with E-state index in [0.717, 1.165) is 19.6 Å². The lowest BCUT2D eigenvalue weighted by molar-refractivity contribution is 0.102. The number of hydrogen-bond donors (Lipinski definition) is 0. The van der Waals surface area contributed by atoms with Gasteiger partial charge in [-0.15, -0.1) is 0 Å². The maximum atomic E-state index is 2.58. The van der Waals surface area contributed by atoms with Crippen molar-refractivity contribution < 1.29 is 0 Å². The summed E-state index contributed by atoms with van der Waals surface area (Å²) >= 11 is 0. The average Bonchev–Trinajstić information content (AvgIpc) is 2.57. The second-order valence-corrected chi connectivity index (χ2v) is 7.21. The van der Waals surface area contributed by atoms with Gasteiger partial charge >= 0.3 is 0 Å². The minimum Gasteiger partial charge on any atom is -0.349 e. The molecule has 0 fully saturated rings. The summed E-state index contributed by atoms with van der Waals surface area (Å²) in [7, 11) is 0. The van der Waals surface area contributed by atoms with E-state index in [1.54, 1.807) is 0 Å². The van der Waals surface area contributed by atoms with Gasteiger partial charge in [-0.05, 0) is 37.8 Å². The Morgan fingerprint density at radius 3 is 2.18 bits per heavy atom. The van der Waals surface area contributed by atoms with Gasteiger partial charge in [0.15, 0.2) is 0 Å². The van der Waals surface area contributed by atoms with E-state index >= 15 is 0 Å². The summed E-state index contributed by atoms with van der Waals surface area (Å²) in [5, 5.41) is 0. The fraction of sp³-hybridized carbons (Fsp3) is 0.733. The van der Waals surface area contributed by atoms with Crippen LogP contribution in [0.25, 0.3) is 0 Å². The number of fused-ring (bicyclic) bond motifs is 1. The molecule has 2 heteroatoms. The van der Waals surface area contributed by atoms with Gasteiger partial charge in [-0.25, -0.2) is 0 Å². The quantitative estimate of drug-likeness (QED) is 0.668. The Morgan fingerprint density at radius 2 is 1.65 bits per heavy atom. The molecule has 0 N–H and O–H groups in total. The smallest absolute Gasteiger partial charge is 0.0396 e. The normalized spacial score (nSPS) is 18.2. The van der Waals surface area contributed by atoms with Crippen LogP contribution < -0.4 is 0 Å². The Hall–Kier alpha value is -0.760. The minimum absolute atomic E-state index is 0.251. The van der Waals surface area contributed by atoms with Gasteiger partial charge < -0.3 is 4.57 Å². The maximum absolute atomic E-state index is 2.58. The standard InChI is InChI=1S/C15H26N2/c1-14(2,3)12-7-8-16-9-10-17(11-13(12)16)15(4,5)6/h7-8H,9-11H2,1-6H3. The highest BCUT2D eigenvalue weighted by Crippen LogP contribution is 2.31. The zero-order valence-corrected chi connectivity index (χ0v) is 12.2. The highest BCUT2D eigenvalue weighted by molar-refractivity contribution is 5.30. The number of rotatable bonds is 0. The predicted molar refractivity (Wildman–Crippen MR) is 73.3 cm³/mol. The van der Waals surface area contributed by atoms with Crippen molar-refractivity contribution in [3.8, 4) is 0 Å². The summed E-state index contributed by atoms with van der Waals surface area (Å²) in [6.45, 7) is 17.2. The molecule has 96 valence electrons. The van der Waals surface area contributed by atoms with Crippen LogP contribution in [0.2, 0.25) is 0 Å². The van der Waals surface area contributed by atoms with E-state index in [0.29, 0.717) is 0 Å². The fourth-order valence-corrected chi connectivity index (χ4v) is 2.63. The average molecular weight is 234 g/mol. The number of nitrogens with zero attached hydrogens (tertiary/aromatic N) is 2. The maximum Gasteiger partial charge on any atom is 0.0396 e. The molecule has 0 aromatic carbocycles. The first kappa shape index (κ1) is 12.7. The molecule has 0 spiro atoms. The van der Waals surface area contributed by atoms with Gasteiger partial charge in [-0.2, -0.15) is 0 Å². The van der Waals surface area contributed by atoms with Gasteiger partial charge in [0.25, 0.3) is 0 Å². The van der Waals surface area contributed by atoms with Crippen LogP contribution in [0.4, 0.5) is 0 Å². The molecule has 0 unspecified atom stereocenters. The lowest BCUT2D eigenvalue weighted by Gasteiger charge is -2.40. The summed E-state index contributed by atoms with van der Waals surface area (Å²) in [5.74, 6) is 0. The van der Waals surface area contributed by atoms with Crippen LogP contribution in [0.5, 0.6) is 0 Å². The molecule has 17 heavy (non-hydrogen) atoms. The van der Waals surface area contributed by atoms with Crippen molar-refractivity contribution in [3.05, 3.63) is 23.5 Å². The van der Waals surface area contributed by atoms with Crippen LogP contribution in [0.1, 0.15) is 52.8 Å². The molecule has 1 aromatic heterocycles. The van der Waals surface area contributed by atoms with E-state index in [9.17, 15) is 0 Å². The number of aromatic nitrogens is 1. The Kier molecular flexibility index (Phi) is 2.89. The Labute approximate surface area is 106 Å². The largest absolute Gasteiger partial charge is 0.349 e. The molecule has 2 heterocycles. The predicted octanol–water partition coefficient (Wildman–Crippen LogP) is 3.40. The molecule has 1 aromatic rings. The molecule has 0 radical (unpaired) electrons. The second kappa shape index (κ2) is 3.88. The lowest BCUT2D eigenvalue weighted by atomic mass is 9.86. The van der Waals surface area contributed by atoms with Crippen molar-refractivity contribution in [2.45, 2.75) is 65.6 Å². The molecule has 0 saturated carbocycles. The summed E-state index contributed by atoms with van der Waals surface area (Å²) in [6.07, 6.45) is 2.26. The Bertz CT molecular complexity index is 402. The molecule has 0 atom stereocenters. The molecule has 0 aliphatic carbocycles. The minimum atomic E-state index is 0.251. The van der Waals surface area contributed by atoms with Crippen LogP contribution >= 0.6 is 0 Å². The monoisotopic (exact) mass is 234 g/mol. The van der Waals surface area contributed by atoms with Gasteiger partial charge in [-0.3, -0.25) is 4.90 Å². The summed E-state index contributed by atoms with van der Waals surface area (Å²) < 4.78 is 2.43. The molecule has 2 nitrogen and oxygen atoms in total. The van der Waals surface area contributed by atoms with Crippen molar-refractivity contribution in [1.82, 2.24) is 9.47 Å². The summed E-state index contributed by atoms with van der Waals surface area (Å²) in [4.78, 5) is 2.58. The van der Waals surface area contributed by atoms with Crippen LogP contribution in [-0.2, 0) is 18.5 Å². The van der Waals surface area contributed by atoms with Crippen molar-refractivity contribution in [2.24, 2.45) is 0 Å². The first-order valence-electron chi connectivity index (χ1n) is 6.63. The Balaban J connectivity index is 2.33. The van der Waals surface area contributed by atoms with Gasteiger partial charge in [-0.1, -0.05) is 20.8 Å². The van der Waals surface area contributed by atoms with E-state index in [2.05, 4.69) is 63.3 Å². The lowest BCUT2D eigenvalue weighted by Crippen LogP contribution is -2.46. The van der Waals surface area contributed by atoms with Crippen molar-refractivity contribution >= 4 is 0 Å². The third-order valence-electron chi connectivity index (χ3n) is 3.79. The third kappa shape index (κ3) is 2.42. The van der Waals surface area contributed by atoms with E-state index in [-0.39, 0.29) is 11.0 Å². The van der Waals surface area contributed by atoms with Crippen LogP contribution in [-0.4, -0.2) is 21.6 Å². The zero-order valence-electron chi connectivity index (χ0n) is 12.2. The van der Waals surface area contributed by atoms with Crippen LogP contribution in [0.3, 0.4) is 0 Å². The van der Waals surface area contributed by atoms with Gasteiger partial charge in [0.2, 0.25) is 0 Å². The second-order valence-electron chi connectivity index (χ2n) is 7.21. The highest BCUT2D eigenvalue weighted by atomic mass is 15.2. The molecule has 1 aliphatic heterocycles. The highest BCUT2D eigenvalue weighted by Gasteiger charge is 2.29. The summed E-state index contributed by atoms with van der Waals surface area (Å²) in [6, 6.07) is 2.31. The Morgan fingerprint density at radius 1 is 1.00 bits per heavy atom. The summed E-state index contributed by atoms with van der Waals surface area (Å²) in [5.41, 5.74) is 3.54. The van der Waals surface area contributed by atoms with Crippen molar-refractivity contribution in [2.75, 3.05) is 6.54 Å². The van der Waals surface area contributed by atoms with Gasteiger partial charge in [0.05, 0.1) is 0 Å². The molecule has 0 amide bonds. The molecular weight excluding hydrogens is 208 g/mol. The van der Waals surface area contributed by atoms with Gasteiger partial charge in [0.1, 0.15) is 0 Å². The molecule has 2 rings (SSSR count). The molecule has 0 bridgehead atoms.